The molecule has 314 valence electrons. The minimum Gasteiger partial charge on any atom is -0.497 e. The van der Waals surface area contributed by atoms with E-state index in [4.69, 9.17) is 28.0 Å². The predicted octanol–water partition coefficient (Wildman–Crippen LogP) is 8.50. The number of aromatic nitrogens is 3. The van der Waals surface area contributed by atoms with E-state index in [1.807, 2.05) is 85.4 Å². The van der Waals surface area contributed by atoms with Crippen molar-refractivity contribution in [2.45, 2.75) is 76.7 Å². The summed E-state index contributed by atoms with van der Waals surface area (Å²) < 4.78 is 43.0. The Labute approximate surface area is 353 Å². The molecule has 1 aliphatic heterocycles. The minimum atomic E-state index is -1.66. The van der Waals surface area contributed by atoms with E-state index in [1.54, 1.807) is 31.7 Å². The third-order valence-electron chi connectivity index (χ3n) is 10.1. The number of hydrogen-bond acceptors (Lipinski definition) is 12. The second-order valence-corrected chi connectivity index (χ2v) is 16.4. The molecule has 0 N–H and O–H groups in total. The van der Waals surface area contributed by atoms with Gasteiger partial charge in [0.25, 0.3) is 8.53 Å². The maximum atomic E-state index is 10.3. The van der Waals surface area contributed by atoms with Gasteiger partial charge in [0.2, 0.25) is 0 Å². The lowest BCUT2D eigenvalue weighted by atomic mass is 9.80. The summed E-state index contributed by atoms with van der Waals surface area (Å²) in [6.07, 6.45) is 3.59. The third kappa shape index (κ3) is 9.61. The number of fused-ring (bicyclic) bond motifs is 1. The van der Waals surface area contributed by atoms with Gasteiger partial charge in [-0.15, -0.1) is 0 Å². The van der Waals surface area contributed by atoms with Crippen molar-refractivity contribution in [3.63, 3.8) is 0 Å². The highest BCUT2D eigenvalue weighted by molar-refractivity contribution is 7.44. The predicted molar refractivity (Wildman–Crippen MR) is 231 cm³/mol. The molecule has 4 atom stereocenters. The van der Waals surface area contributed by atoms with Gasteiger partial charge < -0.3 is 37.5 Å². The maximum Gasteiger partial charge on any atom is 0.259 e. The van der Waals surface area contributed by atoms with Gasteiger partial charge in [-0.25, -0.2) is 19.6 Å². The van der Waals surface area contributed by atoms with E-state index >= 15 is 0 Å². The summed E-state index contributed by atoms with van der Waals surface area (Å²) in [7, 11) is 5.35. The fourth-order valence-corrected chi connectivity index (χ4v) is 9.22. The topological polar surface area (TPSA) is 153 Å². The molecule has 6 rings (SSSR count). The van der Waals surface area contributed by atoms with E-state index in [2.05, 4.69) is 71.6 Å². The Morgan fingerprint density at radius 1 is 0.917 bits per heavy atom. The molecule has 5 aromatic rings. The quantitative estimate of drug-likeness (QED) is 0.0258. The van der Waals surface area contributed by atoms with Crippen LogP contribution in [0.25, 0.3) is 11.0 Å². The molecule has 2 aromatic heterocycles. The molecular formula is C45H53N8O6P. The zero-order chi connectivity index (χ0) is 42.8. The molecule has 1 fully saturated rings. The zero-order valence-corrected chi connectivity index (χ0v) is 36.3. The number of rotatable bonds is 19. The first kappa shape index (κ1) is 44.1. The largest absolute Gasteiger partial charge is 0.497 e. The van der Waals surface area contributed by atoms with E-state index in [9.17, 15) is 10.5 Å². The molecule has 15 heteroatoms. The van der Waals surface area contributed by atoms with E-state index in [-0.39, 0.29) is 31.7 Å². The molecule has 14 nitrogen and oxygen atoms in total. The lowest BCUT2D eigenvalue weighted by molar-refractivity contribution is -0.0911. The van der Waals surface area contributed by atoms with Crippen LogP contribution in [0, 0.1) is 22.7 Å². The van der Waals surface area contributed by atoms with Crippen molar-refractivity contribution < 1.29 is 28.0 Å². The second kappa shape index (κ2) is 20.2. The molecule has 0 spiro atoms. The summed E-state index contributed by atoms with van der Waals surface area (Å²) in [5, 5.41) is 20.3. The summed E-state index contributed by atoms with van der Waals surface area (Å²) in [6, 6.07) is 30.5. The Hall–Kier alpha value is -5.44. The maximum absolute atomic E-state index is 10.3. The highest BCUT2D eigenvalue weighted by Gasteiger charge is 2.45. The molecule has 3 heterocycles. The summed E-state index contributed by atoms with van der Waals surface area (Å²) >= 11 is 0. The van der Waals surface area contributed by atoms with Crippen LogP contribution in [0.4, 0.5) is 5.82 Å². The number of aliphatic imine (C=N–C) groups is 1. The van der Waals surface area contributed by atoms with Crippen molar-refractivity contribution in [2.75, 3.05) is 41.5 Å². The number of ether oxygens (including phenoxy) is 4. The van der Waals surface area contributed by atoms with E-state index in [0.29, 0.717) is 40.3 Å². The van der Waals surface area contributed by atoms with Crippen molar-refractivity contribution in [2.24, 2.45) is 4.99 Å². The summed E-state index contributed by atoms with van der Waals surface area (Å²) in [4.78, 5) is 15.4. The number of benzene rings is 3. The summed E-state index contributed by atoms with van der Waals surface area (Å²) in [6.45, 7) is 8.70. The van der Waals surface area contributed by atoms with Crippen molar-refractivity contribution in [1.82, 2.24) is 24.1 Å². The highest BCUT2D eigenvalue weighted by Crippen LogP contribution is 2.51. The number of nitrogens with zero attached hydrogens (tertiary/aromatic N) is 8. The van der Waals surface area contributed by atoms with Gasteiger partial charge in [0.1, 0.15) is 47.5 Å². The number of nitriles is 2. The van der Waals surface area contributed by atoms with Crippen LogP contribution in [0.5, 0.6) is 11.5 Å². The second-order valence-electron chi connectivity index (χ2n) is 15.0. The van der Waals surface area contributed by atoms with Crippen molar-refractivity contribution in [3.05, 3.63) is 114 Å². The molecule has 60 heavy (non-hydrogen) atoms. The van der Waals surface area contributed by atoms with Crippen molar-refractivity contribution in [1.29, 1.82) is 10.5 Å². The van der Waals surface area contributed by atoms with Crippen LogP contribution in [0.3, 0.4) is 0 Å². The first-order chi connectivity index (χ1) is 29.0. The van der Waals surface area contributed by atoms with E-state index < -0.39 is 32.6 Å². The fraction of sp³-hybridized carbons (Fsp3) is 0.400. The molecule has 3 aromatic carbocycles. The van der Waals surface area contributed by atoms with Gasteiger partial charge in [0, 0.05) is 38.8 Å². The van der Waals surface area contributed by atoms with E-state index in [0.717, 1.165) is 16.7 Å². The lowest BCUT2D eigenvalue weighted by Gasteiger charge is -2.39. The Bertz CT molecular complexity index is 2220. The van der Waals surface area contributed by atoms with Crippen LogP contribution in [-0.4, -0.2) is 96.3 Å². The smallest absolute Gasteiger partial charge is 0.259 e. The zero-order valence-electron chi connectivity index (χ0n) is 35.4. The average Bonchev–Trinajstić information content (AvgIpc) is 3.84. The molecule has 1 saturated heterocycles. The third-order valence-corrected chi connectivity index (χ3v) is 12.3. The average molecular weight is 833 g/mol. The minimum absolute atomic E-state index is 0.0753. The molecular weight excluding hydrogens is 780 g/mol. The standard InChI is InChI=1S/C45H53N8O6P/c1-31(2)53(32(3)4)60(57-24-12-23-46)59-39-25-41(52-27-33(26-47)42-43(50-30-51(5)6)48-29-49-44(42)52)58-40(39)28-56-45(34-13-10-9-11-14-34,35-15-19-37(54-7)20-16-35)36-17-21-38(55-8)22-18-36/h9-11,13-22,27,29-32,39-41H,12,24-25,28H2,1-8H3/b50-30+/t39-,40+,41+,60?/m0/s1. The molecule has 0 aliphatic carbocycles. The van der Waals surface area contributed by atoms with Gasteiger partial charge in [0.05, 0.1) is 63.3 Å². The molecule has 0 bridgehead atoms. The molecule has 0 radical (unpaired) electrons. The lowest BCUT2D eigenvalue weighted by Crippen LogP contribution is -2.39. The van der Waals surface area contributed by atoms with Crippen molar-refractivity contribution >= 4 is 31.7 Å². The fourth-order valence-electron chi connectivity index (χ4n) is 7.46. The molecule has 1 unspecified atom stereocenters. The van der Waals surface area contributed by atoms with Crippen LogP contribution < -0.4 is 9.47 Å². The van der Waals surface area contributed by atoms with Gasteiger partial charge in [-0.3, -0.25) is 0 Å². The molecule has 0 saturated carbocycles. The van der Waals surface area contributed by atoms with Crippen molar-refractivity contribution in [3.8, 4) is 23.6 Å². The van der Waals surface area contributed by atoms with Crippen LogP contribution in [0.2, 0.25) is 0 Å². The van der Waals surface area contributed by atoms with E-state index in [1.165, 1.54) is 6.33 Å². The van der Waals surface area contributed by atoms with Crippen LogP contribution in [0.1, 0.15) is 69.0 Å². The van der Waals surface area contributed by atoms with Gasteiger partial charge in [0.15, 0.2) is 5.82 Å². The first-order valence-corrected chi connectivity index (χ1v) is 21.0. The Balaban J connectivity index is 1.47. The number of methoxy groups -OCH3 is 2. The summed E-state index contributed by atoms with van der Waals surface area (Å²) in [5.41, 5.74) is 2.40. The normalized spacial score (nSPS) is 17.4. The van der Waals surface area contributed by atoms with Crippen LogP contribution in [0.15, 0.2) is 96.4 Å². The van der Waals surface area contributed by atoms with Gasteiger partial charge >= 0.3 is 0 Å². The Morgan fingerprint density at radius 2 is 1.53 bits per heavy atom. The van der Waals surface area contributed by atoms with Gasteiger partial charge in [-0.2, -0.15) is 10.5 Å². The van der Waals surface area contributed by atoms with Gasteiger partial charge in [-0.05, 0) is 68.7 Å². The van der Waals surface area contributed by atoms with Crippen LogP contribution >= 0.6 is 8.53 Å². The van der Waals surface area contributed by atoms with Crippen LogP contribution in [-0.2, 0) is 24.1 Å². The molecule has 0 amide bonds. The van der Waals surface area contributed by atoms with Gasteiger partial charge in [-0.1, -0.05) is 54.6 Å². The number of hydrogen-bond donors (Lipinski definition) is 0. The first-order valence-electron chi connectivity index (χ1n) is 19.9. The highest BCUT2D eigenvalue weighted by atomic mass is 31.2. The SMILES string of the molecule is COc1ccc(C(OC[C@H]2O[C@@H](n3cc(C#N)c4c(/N=C/N(C)C)ncnc43)C[C@@H]2OP(OCCC#N)N(C(C)C)C(C)C)(c2ccccc2)c2ccc(OC)cc2)cc1. The Morgan fingerprint density at radius 3 is 2.08 bits per heavy atom. The monoisotopic (exact) mass is 832 g/mol. The Kier molecular flexibility index (Phi) is 14.9. The molecule has 1 aliphatic rings. The summed E-state index contributed by atoms with van der Waals surface area (Å²) in [5.74, 6) is 1.80.